The highest BCUT2D eigenvalue weighted by molar-refractivity contribution is 6.21. The van der Waals surface area contributed by atoms with E-state index in [1.54, 1.807) is 19.1 Å². The average Bonchev–Trinajstić information content (AvgIpc) is 3.01. The molecule has 0 bridgehead atoms. The molecule has 0 unspecified atom stereocenters. The van der Waals surface area contributed by atoms with Crippen molar-refractivity contribution in [3.8, 4) is 0 Å². The van der Waals surface area contributed by atoms with Crippen molar-refractivity contribution in [2.75, 3.05) is 0 Å². The maximum absolute atomic E-state index is 12.4. The van der Waals surface area contributed by atoms with Crippen LogP contribution in [0.25, 0.3) is 0 Å². The van der Waals surface area contributed by atoms with Gasteiger partial charge in [0.1, 0.15) is 5.56 Å². The van der Waals surface area contributed by atoms with Crippen LogP contribution >= 0.6 is 0 Å². The Morgan fingerprint density at radius 3 is 2.33 bits per heavy atom. The minimum atomic E-state index is -0.757. The van der Waals surface area contributed by atoms with E-state index in [0.29, 0.717) is 16.8 Å². The largest absolute Gasteiger partial charge is 0.367 e. The minimum absolute atomic E-state index is 0.234. The Morgan fingerprint density at radius 2 is 1.79 bits per heavy atom. The van der Waals surface area contributed by atoms with Crippen molar-refractivity contribution in [2.24, 2.45) is 0 Å². The van der Waals surface area contributed by atoms with E-state index >= 15 is 0 Å². The number of imide groups is 1. The van der Waals surface area contributed by atoms with Crippen molar-refractivity contribution in [2.45, 2.75) is 32.2 Å². The fourth-order valence-corrected chi connectivity index (χ4v) is 3.01. The van der Waals surface area contributed by atoms with Gasteiger partial charge in [-0.05, 0) is 38.3 Å². The summed E-state index contributed by atoms with van der Waals surface area (Å²) in [7, 11) is 0. The Kier molecular flexibility index (Phi) is 3.23. The number of hydrogen-bond acceptors (Lipinski definition) is 5. The third-order valence-corrected chi connectivity index (χ3v) is 4.62. The number of carbonyl (C=O) groups excluding carboxylic acids is 3. The summed E-state index contributed by atoms with van der Waals surface area (Å²) in [6.07, 6.45) is 4.65. The van der Waals surface area contributed by atoms with Gasteiger partial charge in [-0.15, -0.1) is 0 Å². The zero-order chi connectivity index (χ0) is 16.8. The van der Waals surface area contributed by atoms with Gasteiger partial charge in [-0.3, -0.25) is 14.3 Å². The van der Waals surface area contributed by atoms with Crippen LogP contribution in [-0.4, -0.2) is 32.6 Å². The minimum Gasteiger partial charge on any atom is -0.324 e. The van der Waals surface area contributed by atoms with Gasteiger partial charge in [0.2, 0.25) is 0 Å². The molecule has 1 fully saturated rings. The number of rotatable bonds is 3. The third-order valence-electron chi connectivity index (χ3n) is 4.62. The first-order valence-corrected chi connectivity index (χ1v) is 7.82. The summed E-state index contributed by atoms with van der Waals surface area (Å²) in [6.45, 7) is 1.78. The molecule has 4 rings (SSSR count). The van der Waals surface area contributed by atoms with Crippen LogP contribution in [0.5, 0.6) is 0 Å². The number of fused-ring (bicyclic) bond motifs is 1. The van der Waals surface area contributed by atoms with Gasteiger partial charge >= 0.3 is 5.97 Å². The third kappa shape index (κ3) is 2.05. The topological polar surface area (TPSA) is 81.5 Å². The number of nitrogens with zero attached hydrogens (tertiary/aromatic N) is 3. The molecule has 1 saturated carbocycles. The Labute approximate surface area is 137 Å². The van der Waals surface area contributed by atoms with Gasteiger partial charge in [-0.1, -0.05) is 17.2 Å². The van der Waals surface area contributed by atoms with E-state index in [4.69, 9.17) is 4.84 Å². The number of aromatic nitrogens is 2. The molecule has 2 aliphatic rings. The van der Waals surface area contributed by atoms with Crippen LogP contribution in [-0.2, 0) is 4.84 Å². The molecular formula is C17H15N3O4. The van der Waals surface area contributed by atoms with Gasteiger partial charge in [-0.2, -0.15) is 5.10 Å². The zero-order valence-electron chi connectivity index (χ0n) is 13.1. The fourth-order valence-electron chi connectivity index (χ4n) is 3.01. The van der Waals surface area contributed by atoms with Crippen LogP contribution in [0.4, 0.5) is 0 Å². The second kappa shape index (κ2) is 5.30. The molecule has 0 spiro atoms. The molecule has 0 N–H and O–H groups in total. The summed E-state index contributed by atoms with van der Waals surface area (Å²) in [6, 6.07) is 6.68. The Hall–Kier alpha value is -2.96. The Balaban J connectivity index is 1.56. The van der Waals surface area contributed by atoms with E-state index in [1.807, 2.05) is 4.68 Å². The highest BCUT2D eigenvalue weighted by Crippen LogP contribution is 2.32. The fraction of sp³-hybridized carbons (Fsp3) is 0.294. The SMILES string of the molecule is Cc1c(C(=O)ON2C(=O)c3ccccc3C2=O)cnn1C1CCC1. The summed E-state index contributed by atoms with van der Waals surface area (Å²) >= 11 is 0. The summed E-state index contributed by atoms with van der Waals surface area (Å²) in [5.74, 6) is -2.02. The molecule has 7 nitrogen and oxygen atoms in total. The Morgan fingerprint density at radius 1 is 1.17 bits per heavy atom. The van der Waals surface area contributed by atoms with Crippen molar-refractivity contribution < 1.29 is 19.2 Å². The first-order valence-electron chi connectivity index (χ1n) is 7.82. The normalized spacial score (nSPS) is 17.0. The molecule has 2 amide bonds. The van der Waals surface area contributed by atoms with Gasteiger partial charge < -0.3 is 4.84 Å². The van der Waals surface area contributed by atoms with Crippen LogP contribution in [0.1, 0.15) is 62.1 Å². The lowest BCUT2D eigenvalue weighted by Crippen LogP contribution is -2.32. The number of hydrogen-bond donors (Lipinski definition) is 0. The molecule has 0 radical (unpaired) electrons. The molecule has 1 aliphatic carbocycles. The highest BCUT2D eigenvalue weighted by Gasteiger charge is 2.39. The lowest BCUT2D eigenvalue weighted by Gasteiger charge is -2.26. The van der Waals surface area contributed by atoms with E-state index in [-0.39, 0.29) is 16.7 Å². The van der Waals surface area contributed by atoms with Gasteiger partial charge in [0.25, 0.3) is 11.8 Å². The van der Waals surface area contributed by atoms with Gasteiger partial charge in [-0.25, -0.2) is 4.79 Å². The van der Waals surface area contributed by atoms with Gasteiger partial charge in [0, 0.05) is 0 Å². The second-order valence-corrected chi connectivity index (χ2v) is 6.00. The summed E-state index contributed by atoms with van der Waals surface area (Å²) in [4.78, 5) is 41.9. The average molecular weight is 325 g/mol. The maximum Gasteiger partial charge on any atom is 0.367 e. The maximum atomic E-state index is 12.4. The molecule has 2 aromatic rings. The number of carbonyl (C=O) groups is 3. The molecule has 122 valence electrons. The zero-order valence-corrected chi connectivity index (χ0v) is 13.1. The van der Waals surface area contributed by atoms with Crippen molar-refractivity contribution in [3.63, 3.8) is 0 Å². The van der Waals surface area contributed by atoms with Crippen molar-refractivity contribution in [3.05, 3.63) is 52.8 Å². The second-order valence-electron chi connectivity index (χ2n) is 6.00. The lowest BCUT2D eigenvalue weighted by molar-refractivity contribution is -0.0585. The summed E-state index contributed by atoms with van der Waals surface area (Å²) in [5, 5.41) is 4.76. The molecule has 0 atom stereocenters. The number of hydroxylamine groups is 2. The highest BCUT2D eigenvalue weighted by atomic mass is 16.7. The molecule has 1 aromatic carbocycles. The van der Waals surface area contributed by atoms with Crippen molar-refractivity contribution in [1.82, 2.24) is 14.8 Å². The predicted octanol–water partition coefficient (Wildman–Crippen LogP) is 2.28. The summed E-state index contributed by atoms with van der Waals surface area (Å²) in [5.41, 5.74) is 1.41. The summed E-state index contributed by atoms with van der Waals surface area (Å²) < 4.78 is 1.81. The van der Waals surface area contributed by atoms with E-state index in [1.165, 1.54) is 18.3 Å². The smallest absolute Gasteiger partial charge is 0.324 e. The first kappa shape index (κ1) is 14.6. The van der Waals surface area contributed by atoms with Crippen LogP contribution < -0.4 is 0 Å². The van der Waals surface area contributed by atoms with Crippen LogP contribution in [0.15, 0.2) is 30.5 Å². The molecular weight excluding hydrogens is 310 g/mol. The van der Waals surface area contributed by atoms with Crippen molar-refractivity contribution >= 4 is 17.8 Å². The van der Waals surface area contributed by atoms with Gasteiger partial charge in [0.15, 0.2) is 0 Å². The van der Waals surface area contributed by atoms with Crippen molar-refractivity contribution in [1.29, 1.82) is 0 Å². The van der Waals surface area contributed by atoms with Crippen LogP contribution in [0, 0.1) is 6.92 Å². The first-order chi connectivity index (χ1) is 11.6. The van der Waals surface area contributed by atoms with E-state index in [2.05, 4.69) is 5.10 Å². The van der Waals surface area contributed by atoms with E-state index < -0.39 is 17.8 Å². The van der Waals surface area contributed by atoms with Crippen LogP contribution in [0.2, 0.25) is 0 Å². The molecule has 24 heavy (non-hydrogen) atoms. The quantitative estimate of drug-likeness (QED) is 0.809. The number of benzene rings is 1. The number of amides is 2. The molecule has 1 aromatic heterocycles. The Bertz CT molecular complexity index is 831. The monoisotopic (exact) mass is 325 g/mol. The molecule has 1 aliphatic heterocycles. The van der Waals surface area contributed by atoms with E-state index in [9.17, 15) is 14.4 Å². The molecule has 2 heterocycles. The standard InChI is InChI=1S/C17H15N3O4/c1-10-14(9-18-19(10)11-5-4-6-11)17(23)24-20-15(21)12-7-2-3-8-13(12)16(20)22/h2-3,7-9,11H,4-6H2,1H3. The van der Waals surface area contributed by atoms with E-state index in [0.717, 1.165) is 19.3 Å². The molecule has 7 heteroatoms. The predicted molar refractivity (Wildman–Crippen MR) is 82.2 cm³/mol. The molecule has 0 saturated heterocycles. The van der Waals surface area contributed by atoms with Gasteiger partial charge in [0.05, 0.1) is 29.1 Å². The lowest BCUT2D eigenvalue weighted by atomic mass is 9.93. The van der Waals surface area contributed by atoms with Crippen LogP contribution in [0.3, 0.4) is 0 Å².